The van der Waals surface area contributed by atoms with E-state index in [4.69, 9.17) is 5.14 Å². The summed E-state index contributed by atoms with van der Waals surface area (Å²) in [7, 11) is -6.81. The van der Waals surface area contributed by atoms with Crippen molar-refractivity contribution >= 4 is 25.7 Å². The normalized spacial score (nSPS) is 13.5. The zero-order valence-corrected chi connectivity index (χ0v) is 15.6. The maximum Gasteiger partial charge on any atom is 0.269 e. The Balaban J connectivity index is 2.43. The summed E-state index contributed by atoms with van der Waals surface area (Å²) >= 11 is 0. The molecule has 0 fully saturated rings. The smallest absolute Gasteiger partial charge is 0.258 e. The van der Waals surface area contributed by atoms with Crippen LogP contribution in [0.5, 0.6) is 0 Å². The molecule has 2 aromatic rings. The lowest BCUT2D eigenvalue weighted by molar-refractivity contribution is -0.384. The number of non-ortho nitro benzene ring substituents is 1. The second kappa shape index (κ2) is 7.11. The van der Waals surface area contributed by atoms with Crippen LogP contribution in [0.2, 0.25) is 0 Å². The predicted octanol–water partition coefficient (Wildman–Crippen LogP) is 1.62. The van der Waals surface area contributed by atoms with E-state index in [0.717, 1.165) is 10.4 Å². The van der Waals surface area contributed by atoms with Crippen LogP contribution in [0, 0.1) is 10.1 Å². The highest BCUT2D eigenvalue weighted by Crippen LogP contribution is 2.28. The van der Waals surface area contributed by atoms with E-state index in [-0.39, 0.29) is 15.5 Å². The quantitative estimate of drug-likeness (QED) is 0.578. The van der Waals surface area contributed by atoms with Gasteiger partial charge in [-0.1, -0.05) is 18.2 Å². The van der Waals surface area contributed by atoms with Crippen LogP contribution in [0.1, 0.15) is 18.5 Å². The molecule has 0 spiro atoms. The summed E-state index contributed by atoms with van der Waals surface area (Å²) in [5.41, 5.74) is 0.268. The van der Waals surface area contributed by atoms with Gasteiger partial charge in [-0.25, -0.2) is 22.0 Å². The maximum atomic E-state index is 12.8. The third-order valence-electron chi connectivity index (χ3n) is 3.92. The van der Waals surface area contributed by atoms with Crippen LogP contribution in [0.15, 0.2) is 58.3 Å². The summed E-state index contributed by atoms with van der Waals surface area (Å²) < 4.78 is 49.5. The average molecular weight is 399 g/mol. The molecule has 0 saturated heterocycles. The van der Waals surface area contributed by atoms with Crippen LogP contribution in [0.25, 0.3) is 0 Å². The zero-order valence-electron chi connectivity index (χ0n) is 13.9. The highest BCUT2D eigenvalue weighted by atomic mass is 32.2. The maximum absolute atomic E-state index is 12.8. The molecule has 26 heavy (non-hydrogen) atoms. The highest BCUT2D eigenvalue weighted by Gasteiger charge is 2.28. The number of rotatable bonds is 6. The van der Waals surface area contributed by atoms with Crippen molar-refractivity contribution in [1.82, 2.24) is 4.31 Å². The van der Waals surface area contributed by atoms with Crippen LogP contribution in [-0.2, 0) is 20.0 Å². The van der Waals surface area contributed by atoms with Gasteiger partial charge in [-0.15, -0.1) is 0 Å². The molecule has 1 atom stereocenters. The minimum atomic E-state index is -4.06. The SMILES string of the molecule is CC(c1cccc([N+](=O)[O-])c1)N(C)S(=O)(=O)c1cccc(S(N)(=O)=O)c1. The molecule has 0 bridgehead atoms. The number of nitrogens with two attached hydrogens (primary N) is 1. The fourth-order valence-electron chi connectivity index (χ4n) is 2.29. The number of hydrogen-bond donors (Lipinski definition) is 1. The Hall–Kier alpha value is -2.34. The number of primary sulfonamides is 1. The van der Waals surface area contributed by atoms with Crippen LogP contribution in [0.4, 0.5) is 5.69 Å². The lowest BCUT2D eigenvalue weighted by Gasteiger charge is -2.24. The lowest BCUT2D eigenvalue weighted by Crippen LogP contribution is -2.30. The molecule has 0 saturated carbocycles. The Morgan fingerprint density at radius 3 is 2.19 bits per heavy atom. The minimum Gasteiger partial charge on any atom is -0.258 e. The third-order valence-corrected chi connectivity index (χ3v) is 6.76. The van der Waals surface area contributed by atoms with E-state index in [1.807, 2.05) is 0 Å². The molecule has 1 unspecified atom stereocenters. The highest BCUT2D eigenvalue weighted by molar-refractivity contribution is 7.90. The fraction of sp³-hybridized carbons (Fsp3) is 0.200. The van der Waals surface area contributed by atoms with E-state index < -0.39 is 31.0 Å². The first-order valence-corrected chi connectivity index (χ1v) is 10.3. The third kappa shape index (κ3) is 4.07. The second-order valence-corrected chi connectivity index (χ2v) is 9.13. The number of nitrogens with zero attached hydrogens (tertiary/aromatic N) is 2. The first-order chi connectivity index (χ1) is 11.9. The first-order valence-electron chi connectivity index (χ1n) is 7.30. The fourth-order valence-corrected chi connectivity index (χ4v) is 4.33. The molecule has 9 nitrogen and oxygen atoms in total. The molecule has 0 aliphatic carbocycles. The molecule has 11 heteroatoms. The van der Waals surface area contributed by atoms with Gasteiger partial charge in [-0.05, 0) is 30.7 Å². The van der Waals surface area contributed by atoms with Gasteiger partial charge in [0.2, 0.25) is 20.0 Å². The largest absolute Gasteiger partial charge is 0.269 e. The van der Waals surface area contributed by atoms with E-state index in [9.17, 15) is 26.9 Å². The van der Waals surface area contributed by atoms with Crippen molar-refractivity contribution in [2.45, 2.75) is 22.8 Å². The number of nitro groups is 1. The van der Waals surface area contributed by atoms with Gasteiger partial charge in [-0.2, -0.15) is 4.31 Å². The number of nitro benzene ring substituents is 1. The summed E-state index contributed by atoms with van der Waals surface area (Å²) in [5.74, 6) is 0. The Morgan fingerprint density at radius 1 is 1.04 bits per heavy atom. The molecule has 2 aromatic carbocycles. The summed E-state index contributed by atoms with van der Waals surface area (Å²) in [6.07, 6.45) is 0. The lowest BCUT2D eigenvalue weighted by atomic mass is 10.1. The second-order valence-electron chi connectivity index (χ2n) is 5.57. The molecule has 0 aliphatic rings. The summed E-state index contributed by atoms with van der Waals surface area (Å²) in [6, 6.07) is 9.60. The monoisotopic (exact) mass is 399 g/mol. The summed E-state index contributed by atoms with van der Waals surface area (Å²) in [6.45, 7) is 1.57. The van der Waals surface area contributed by atoms with E-state index in [0.29, 0.717) is 5.56 Å². The molecule has 0 amide bonds. The van der Waals surface area contributed by atoms with Crippen molar-refractivity contribution in [3.05, 3.63) is 64.2 Å². The average Bonchev–Trinajstić information content (AvgIpc) is 2.59. The van der Waals surface area contributed by atoms with E-state index in [1.165, 1.54) is 43.4 Å². The Bertz CT molecular complexity index is 1050. The van der Waals surface area contributed by atoms with Crippen LogP contribution in [-0.4, -0.2) is 33.1 Å². The van der Waals surface area contributed by atoms with Crippen molar-refractivity contribution in [2.75, 3.05) is 7.05 Å². The Kier molecular flexibility index (Phi) is 5.47. The zero-order chi connectivity index (χ0) is 19.7. The number of hydrogen-bond acceptors (Lipinski definition) is 6. The van der Waals surface area contributed by atoms with Crippen molar-refractivity contribution in [3.8, 4) is 0 Å². The van der Waals surface area contributed by atoms with Gasteiger partial charge in [0.15, 0.2) is 0 Å². The van der Waals surface area contributed by atoms with E-state index >= 15 is 0 Å². The molecule has 0 heterocycles. The molecule has 0 aromatic heterocycles. The molecular weight excluding hydrogens is 382 g/mol. The number of sulfonamides is 2. The summed E-state index contributed by atoms with van der Waals surface area (Å²) in [5, 5.41) is 15.9. The van der Waals surface area contributed by atoms with Crippen LogP contribution < -0.4 is 5.14 Å². The van der Waals surface area contributed by atoms with Gasteiger partial charge in [-0.3, -0.25) is 10.1 Å². The van der Waals surface area contributed by atoms with Gasteiger partial charge < -0.3 is 0 Å². The van der Waals surface area contributed by atoms with Crippen LogP contribution in [0.3, 0.4) is 0 Å². The number of benzene rings is 2. The molecule has 0 radical (unpaired) electrons. The van der Waals surface area contributed by atoms with Crippen molar-refractivity contribution in [2.24, 2.45) is 5.14 Å². The van der Waals surface area contributed by atoms with Crippen molar-refractivity contribution < 1.29 is 21.8 Å². The predicted molar refractivity (Wildman–Crippen MR) is 94.3 cm³/mol. The topological polar surface area (TPSA) is 141 Å². The minimum absolute atomic E-state index is 0.156. The van der Waals surface area contributed by atoms with E-state index in [1.54, 1.807) is 13.0 Å². The van der Waals surface area contributed by atoms with Crippen LogP contribution >= 0.6 is 0 Å². The molecule has 0 aliphatic heterocycles. The van der Waals surface area contributed by atoms with Gasteiger partial charge in [0, 0.05) is 25.2 Å². The van der Waals surface area contributed by atoms with Gasteiger partial charge in [0.1, 0.15) is 0 Å². The molecule has 2 rings (SSSR count). The van der Waals surface area contributed by atoms with Gasteiger partial charge in [0.05, 0.1) is 14.7 Å². The van der Waals surface area contributed by atoms with Gasteiger partial charge >= 0.3 is 0 Å². The molecule has 2 N–H and O–H groups in total. The molecular formula is C15H17N3O6S2. The van der Waals surface area contributed by atoms with Gasteiger partial charge in [0.25, 0.3) is 5.69 Å². The summed E-state index contributed by atoms with van der Waals surface area (Å²) in [4.78, 5) is 9.76. The Labute approximate surface area is 151 Å². The standard InChI is InChI=1S/C15H17N3O6S2/c1-11(12-5-3-6-13(9-12)18(19)20)17(2)26(23,24)15-8-4-7-14(10-15)25(16,21)22/h3-11H,1-2H3,(H2,16,21,22). The first kappa shape index (κ1) is 20.0. The molecule has 140 valence electrons. The van der Waals surface area contributed by atoms with Crippen molar-refractivity contribution in [3.63, 3.8) is 0 Å². The van der Waals surface area contributed by atoms with E-state index in [2.05, 4.69) is 0 Å². The Morgan fingerprint density at radius 2 is 1.62 bits per heavy atom. The van der Waals surface area contributed by atoms with Crippen molar-refractivity contribution in [1.29, 1.82) is 0 Å².